The van der Waals surface area contributed by atoms with Gasteiger partial charge in [-0.1, -0.05) is 18.5 Å². The molecule has 0 radical (unpaired) electrons. The summed E-state index contributed by atoms with van der Waals surface area (Å²) in [5, 5.41) is 3.58. The number of rotatable bonds is 7. The lowest BCUT2D eigenvalue weighted by molar-refractivity contribution is 0.286. The van der Waals surface area contributed by atoms with Crippen LogP contribution in [0.1, 0.15) is 19.8 Å². The van der Waals surface area contributed by atoms with Crippen LogP contribution in [0.25, 0.3) is 0 Å². The predicted octanol–water partition coefficient (Wildman–Crippen LogP) is 3.18. The molecule has 0 spiro atoms. The van der Waals surface area contributed by atoms with Gasteiger partial charge in [-0.3, -0.25) is 9.89 Å². The van der Waals surface area contributed by atoms with Gasteiger partial charge in [0.05, 0.1) is 18.7 Å². The van der Waals surface area contributed by atoms with Crippen LogP contribution in [0.3, 0.4) is 0 Å². The second kappa shape index (κ2) is 9.42. The second-order valence-corrected chi connectivity index (χ2v) is 5.51. The number of guanidine groups is 1. The molecule has 0 heterocycles. The molecule has 0 aromatic heterocycles. The highest BCUT2D eigenvalue weighted by Gasteiger charge is 2.26. The van der Waals surface area contributed by atoms with Crippen molar-refractivity contribution < 1.29 is 4.74 Å². The van der Waals surface area contributed by atoms with E-state index in [0.29, 0.717) is 23.3 Å². The predicted molar refractivity (Wildman–Crippen MR) is 104 cm³/mol. The molecule has 124 valence electrons. The van der Waals surface area contributed by atoms with Crippen LogP contribution in [0.15, 0.2) is 23.2 Å². The van der Waals surface area contributed by atoms with Crippen LogP contribution >= 0.6 is 35.6 Å². The van der Waals surface area contributed by atoms with E-state index in [4.69, 9.17) is 22.1 Å². The molecule has 1 aliphatic carbocycles. The van der Waals surface area contributed by atoms with E-state index in [1.165, 1.54) is 12.8 Å². The number of nitrogens with zero attached hydrogens (tertiary/aromatic N) is 2. The summed E-state index contributed by atoms with van der Waals surface area (Å²) in [4.78, 5) is 6.80. The molecule has 2 rings (SSSR count). The van der Waals surface area contributed by atoms with Crippen molar-refractivity contribution in [1.29, 1.82) is 0 Å². The zero-order valence-electron chi connectivity index (χ0n) is 13.0. The lowest BCUT2D eigenvalue weighted by Crippen LogP contribution is -2.30. The fourth-order valence-electron chi connectivity index (χ4n) is 2.27. The summed E-state index contributed by atoms with van der Waals surface area (Å²) < 4.78 is 5.11. The molecular weight excluding hydrogens is 415 g/mol. The summed E-state index contributed by atoms with van der Waals surface area (Å²) >= 11 is 6.07. The largest absolute Gasteiger partial charge is 0.495 e. The van der Waals surface area contributed by atoms with Crippen LogP contribution in [-0.4, -0.2) is 43.6 Å². The SMILES string of the molecule is CCN(CCN=C(N)Nc1ccc(OC)c(Cl)c1)C1CC1.I. The van der Waals surface area contributed by atoms with Gasteiger partial charge in [0.25, 0.3) is 0 Å². The van der Waals surface area contributed by atoms with Crippen molar-refractivity contribution in [1.82, 2.24) is 4.90 Å². The molecule has 0 bridgehead atoms. The molecule has 0 unspecified atom stereocenters. The maximum absolute atomic E-state index is 6.07. The van der Waals surface area contributed by atoms with Crippen LogP contribution in [0.4, 0.5) is 5.69 Å². The summed E-state index contributed by atoms with van der Waals surface area (Å²) in [5.74, 6) is 1.05. The highest BCUT2D eigenvalue weighted by molar-refractivity contribution is 14.0. The number of nitrogens with two attached hydrogens (primary N) is 1. The molecule has 1 fully saturated rings. The van der Waals surface area contributed by atoms with Crippen LogP contribution in [-0.2, 0) is 0 Å². The zero-order valence-corrected chi connectivity index (χ0v) is 16.1. The van der Waals surface area contributed by atoms with Crippen LogP contribution in [0.5, 0.6) is 5.75 Å². The minimum atomic E-state index is 0. The number of ether oxygens (including phenoxy) is 1. The van der Waals surface area contributed by atoms with E-state index in [2.05, 4.69) is 22.1 Å². The summed E-state index contributed by atoms with van der Waals surface area (Å²) in [6.45, 7) is 4.91. The third kappa shape index (κ3) is 5.81. The summed E-state index contributed by atoms with van der Waals surface area (Å²) in [6.07, 6.45) is 2.63. The van der Waals surface area contributed by atoms with Gasteiger partial charge in [0, 0.05) is 18.3 Å². The van der Waals surface area contributed by atoms with Gasteiger partial charge in [-0.2, -0.15) is 0 Å². The Kier molecular flexibility index (Phi) is 8.27. The van der Waals surface area contributed by atoms with Crippen molar-refractivity contribution >= 4 is 47.2 Å². The van der Waals surface area contributed by atoms with Gasteiger partial charge < -0.3 is 15.8 Å². The van der Waals surface area contributed by atoms with E-state index in [0.717, 1.165) is 24.8 Å². The Labute approximate surface area is 154 Å². The first-order valence-corrected chi connectivity index (χ1v) is 7.66. The van der Waals surface area contributed by atoms with Crippen molar-refractivity contribution in [2.24, 2.45) is 10.7 Å². The Balaban J connectivity index is 0.00000242. The number of nitrogens with one attached hydrogen (secondary N) is 1. The topological polar surface area (TPSA) is 62.9 Å². The quantitative estimate of drug-likeness (QED) is 0.390. The summed E-state index contributed by atoms with van der Waals surface area (Å²) in [7, 11) is 1.59. The third-order valence-electron chi connectivity index (χ3n) is 3.56. The molecule has 1 saturated carbocycles. The molecule has 5 nitrogen and oxygen atoms in total. The van der Waals surface area contributed by atoms with Gasteiger partial charge in [0.1, 0.15) is 5.75 Å². The smallest absolute Gasteiger partial charge is 0.193 e. The van der Waals surface area contributed by atoms with Crippen molar-refractivity contribution in [3.8, 4) is 5.75 Å². The molecule has 1 aromatic carbocycles. The molecule has 22 heavy (non-hydrogen) atoms. The Morgan fingerprint density at radius 3 is 2.77 bits per heavy atom. The number of hydrogen-bond donors (Lipinski definition) is 2. The van der Waals surface area contributed by atoms with Crippen LogP contribution in [0.2, 0.25) is 5.02 Å². The lowest BCUT2D eigenvalue weighted by atomic mass is 10.3. The number of methoxy groups -OCH3 is 1. The molecule has 0 aliphatic heterocycles. The first kappa shape index (κ1) is 19.3. The fourth-order valence-corrected chi connectivity index (χ4v) is 2.53. The third-order valence-corrected chi connectivity index (χ3v) is 3.86. The first-order valence-electron chi connectivity index (χ1n) is 7.28. The molecule has 7 heteroatoms. The molecule has 0 atom stereocenters. The Hall–Kier alpha value is -0.730. The number of anilines is 1. The molecule has 0 saturated heterocycles. The number of hydrogen-bond acceptors (Lipinski definition) is 3. The Morgan fingerprint density at radius 1 is 1.50 bits per heavy atom. The van der Waals surface area contributed by atoms with E-state index in [1.54, 1.807) is 19.2 Å². The highest BCUT2D eigenvalue weighted by atomic mass is 127. The minimum Gasteiger partial charge on any atom is -0.495 e. The maximum Gasteiger partial charge on any atom is 0.193 e. The summed E-state index contributed by atoms with van der Waals surface area (Å²) in [6, 6.07) is 6.19. The monoisotopic (exact) mass is 438 g/mol. The van der Waals surface area contributed by atoms with Gasteiger partial charge in [0.2, 0.25) is 0 Å². The number of likely N-dealkylation sites (N-methyl/N-ethyl adjacent to an activating group) is 1. The van der Waals surface area contributed by atoms with Crippen molar-refractivity contribution in [2.45, 2.75) is 25.8 Å². The number of benzene rings is 1. The Morgan fingerprint density at radius 2 is 2.23 bits per heavy atom. The van der Waals surface area contributed by atoms with Gasteiger partial charge >= 0.3 is 0 Å². The lowest BCUT2D eigenvalue weighted by Gasteiger charge is -2.18. The van der Waals surface area contributed by atoms with Crippen LogP contribution in [0, 0.1) is 0 Å². The van der Waals surface area contributed by atoms with E-state index in [-0.39, 0.29) is 24.0 Å². The van der Waals surface area contributed by atoms with Crippen molar-refractivity contribution in [3.63, 3.8) is 0 Å². The first-order chi connectivity index (χ1) is 10.1. The normalized spacial score (nSPS) is 14.6. The zero-order chi connectivity index (χ0) is 15.2. The van der Waals surface area contributed by atoms with Gasteiger partial charge in [-0.05, 0) is 37.6 Å². The molecule has 1 aliphatic rings. The minimum absolute atomic E-state index is 0. The number of aliphatic imine (C=N–C) groups is 1. The number of halogens is 2. The van der Waals surface area contributed by atoms with E-state index in [9.17, 15) is 0 Å². The summed E-state index contributed by atoms with van der Waals surface area (Å²) in [5.41, 5.74) is 6.69. The Bertz CT molecular complexity index is 508. The second-order valence-electron chi connectivity index (χ2n) is 5.10. The van der Waals surface area contributed by atoms with Crippen LogP contribution < -0.4 is 15.8 Å². The molecular formula is C15H24ClIN4O. The fraction of sp³-hybridized carbons (Fsp3) is 0.533. The molecule has 0 amide bonds. The van der Waals surface area contributed by atoms with Gasteiger partial charge in [-0.15, -0.1) is 24.0 Å². The van der Waals surface area contributed by atoms with Crippen molar-refractivity contribution in [2.75, 3.05) is 32.1 Å². The van der Waals surface area contributed by atoms with E-state index < -0.39 is 0 Å². The van der Waals surface area contributed by atoms with E-state index >= 15 is 0 Å². The van der Waals surface area contributed by atoms with Crippen molar-refractivity contribution in [3.05, 3.63) is 23.2 Å². The standard InChI is InChI=1S/C15H23ClN4O.HI/c1-3-20(12-5-6-12)9-8-18-15(17)19-11-4-7-14(21-2)13(16)10-11;/h4,7,10,12H,3,5-6,8-9H2,1-2H3,(H3,17,18,19);1H. The average Bonchev–Trinajstić information content (AvgIpc) is 3.28. The maximum atomic E-state index is 6.07. The van der Waals surface area contributed by atoms with Gasteiger partial charge in [0.15, 0.2) is 5.96 Å². The highest BCUT2D eigenvalue weighted by Crippen LogP contribution is 2.27. The molecule has 1 aromatic rings. The van der Waals surface area contributed by atoms with E-state index in [1.807, 2.05) is 6.07 Å². The van der Waals surface area contributed by atoms with Gasteiger partial charge in [-0.25, -0.2) is 0 Å². The molecule has 3 N–H and O–H groups in total. The average molecular weight is 439 g/mol.